The molecule has 0 radical (unpaired) electrons. The van der Waals surface area contributed by atoms with Crippen molar-refractivity contribution in [2.45, 2.75) is 102 Å². The van der Waals surface area contributed by atoms with Gasteiger partial charge in [0, 0.05) is 37.1 Å². The number of unbranched alkanes of at least 4 members (excludes halogenated alkanes) is 6. The molecule has 11 N–H and O–H groups in total. The zero-order valence-corrected chi connectivity index (χ0v) is 37.7. The number of carboxylic acids is 1. The molecule has 1 fully saturated rings. The number of anilines is 1. The van der Waals surface area contributed by atoms with E-state index >= 15 is 0 Å². The third-order valence-electron chi connectivity index (χ3n) is 9.01. The van der Waals surface area contributed by atoms with Crippen LogP contribution >= 0.6 is 35.2 Å². The molecule has 0 aliphatic carbocycles. The van der Waals surface area contributed by atoms with E-state index in [-0.39, 0.29) is 48.0 Å². The van der Waals surface area contributed by atoms with Gasteiger partial charge in [0.2, 0.25) is 16.9 Å². The van der Waals surface area contributed by atoms with E-state index in [1.54, 1.807) is 6.08 Å². The van der Waals surface area contributed by atoms with Crippen molar-refractivity contribution in [3.63, 3.8) is 0 Å². The number of carbonyl (C=O) groups excluding carboxylic acids is 3. The van der Waals surface area contributed by atoms with Crippen molar-refractivity contribution in [3.05, 3.63) is 24.8 Å². The molecule has 2 aromatic heterocycles. The molecule has 0 bridgehead atoms. The molecule has 0 saturated carbocycles. The zero-order valence-electron chi connectivity index (χ0n) is 34.2. The van der Waals surface area contributed by atoms with Gasteiger partial charge in [-0.2, -0.15) is 4.31 Å². The van der Waals surface area contributed by atoms with Gasteiger partial charge in [-0.25, -0.2) is 28.6 Å². The van der Waals surface area contributed by atoms with E-state index in [0.717, 1.165) is 67.5 Å². The van der Waals surface area contributed by atoms with Gasteiger partial charge in [-0.3, -0.25) is 37.3 Å². The lowest BCUT2D eigenvalue weighted by Gasteiger charge is -2.30. The summed E-state index contributed by atoms with van der Waals surface area (Å²) in [7, 11) is -16.4. The van der Waals surface area contributed by atoms with Crippen LogP contribution in [0.15, 0.2) is 24.8 Å². The number of imidazole rings is 1. The smallest absolute Gasteiger partial charge is 0.481 e. The Morgan fingerprint density at radius 3 is 2.32 bits per heavy atom. The average Bonchev–Trinajstić information content (AvgIpc) is 3.75. The first-order valence-corrected chi connectivity index (χ1v) is 24.9. The van der Waals surface area contributed by atoms with Gasteiger partial charge in [0.05, 0.1) is 19.5 Å². The number of aliphatic hydroxyl groups excluding tert-OH is 2. The molecule has 1 saturated heterocycles. The topological polar surface area (TPSA) is 401 Å². The summed E-state index contributed by atoms with van der Waals surface area (Å²) in [6.45, 7) is 0.398. The molecule has 2 amide bonds. The highest BCUT2D eigenvalue weighted by molar-refractivity contribution is 8.14. The van der Waals surface area contributed by atoms with Crippen molar-refractivity contribution in [2.24, 2.45) is 5.41 Å². The number of aliphatic carboxylic acids is 1. The number of fused-ring (bicyclic) bond motifs is 1. The van der Waals surface area contributed by atoms with Crippen LogP contribution in [0.5, 0.6) is 0 Å². The van der Waals surface area contributed by atoms with Crippen LogP contribution in [0.3, 0.4) is 0 Å². The van der Waals surface area contributed by atoms with Crippen molar-refractivity contribution in [1.82, 2.24) is 30.2 Å². The van der Waals surface area contributed by atoms with E-state index in [4.69, 9.17) is 24.6 Å². The summed E-state index contributed by atoms with van der Waals surface area (Å²) in [6, 6.07) is 0. The number of thioether (sulfide) groups is 1. The Labute approximate surface area is 365 Å². The molecule has 356 valence electrons. The van der Waals surface area contributed by atoms with Crippen LogP contribution in [0, 0.1) is 5.41 Å². The summed E-state index contributed by atoms with van der Waals surface area (Å²) >= 11 is 1.02. The lowest BCUT2D eigenvalue weighted by atomic mass is 9.87. The number of nitrogens with zero attached hydrogens (tertiary/aromatic N) is 4. The number of carboxylic acid groups (broad SMARTS) is 1. The predicted octanol–water partition coefficient (Wildman–Crippen LogP) is 1.43. The third-order valence-corrected chi connectivity index (χ3v) is 12.9. The zero-order chi connectivity index (χ0) is 47.0. The number of hydrogen-bond acceptors (Lipinski definition) is 19. The summed E-state index contributed by atoms with van der Waals surface area (Å²) in [5.41, 5.74) is 4.24. The minimum absolute atomic E-state index is 0.0245. The molecule has 63 heavy (non-hydrogen) atoms. The van der Waals surface area contributed by atoms with Crippen LogP contribution in [0.4, 0.5) is 5.82 Å². The van der Waals surface area contributed by atoms with Crippen molar-refractivity contribution in [3.8, 4) is 0 Å². The number of allylic oxidation sites excluding steroid dienone is 1. The fraction of sp³-hybridized carbons (Fsp3) is 0.667. The normalized spacial score (nSPS) is 20.6. The van der Waals surface area contributed by atoms with Gasteiger partial charge in [0.25, 0.3) is 0 Å². The second-order valence-corrected chi connectivity index (χ2v) is 20.0. The fourth-order valence-electron chi connectivity index (χ4n) is 5.75. The van der Waals surface area contributed by atoms with Crippen molar-refractivity contribution >= 4 is 75.1 Å². The van der Waals surface area contributed by atoms with Crippen LogP contribution in [-0.4, -0.2) is 134 Å². The SMILES string of the molecule is CC(C)(COP(=O)(O)OP(=O)(O)OC[C@H]1O[C@@H](n2cnc3c(N)ncnc32)[C@H](O)[C@@H]1OP(=O)(O)O)[C@@H](O)C(=O)NCCC(=O)NCCSC(=O)/C=C/CCCCCCCCC(=O)O. The number of aliphatic hydroxyl groups is 2. The Hall–Kier alpha value is -3.23. The fourth-order valence-corrected chi connectivity index (χ4v) is 9.18. The van der Waals surface area contributed by atoms with E-state index in [1.165, 1.54) is 19.9 Å². The van der Waals surface area contributed by atoms with Gasteiger partial charge in [0.15, 0.2) is 17.7 Å². The molecule has 2 unspecified atom stereocenters. The molecule has 3 rings (SSSR count). The lowest BCUT2D eigenvalue weighted by Crippen LogP contribution is -2.46. The second kappa shape index (κ2) is 24.9. The molecular formula is C33H54N7O19P3S. The van der Waals surface area contributed by atoms with Gasteiger partial charge in [0.1, 0.15) is 36.3 Å². The Bertz CT molecular complexity index is 2040. The highest BCUT2D eigenvalue weighted by Crippen LogP contribution is 2.61. The van der Waals surface area contributed by atoms with Gasteiger partial charge in [-0.05, 0) is 25.3 Å². The lowest BCUT2D eigenvalue weighted by molar-refractivity contribution is -0.137. The largest absolute Gasteiger partial charge is 0.481 e. The number of carbonyl (C=O) groups is 4. The monoisotopic (exact) mass is 977 g/mol. The molecule has 3 heterocycles. The van der Waals surface area contributed by atoms with Crippen molar-refractivity contribution in [1.29, 1.82) is 0 Å². The first-order valence-electron chi connectivity index (χ1n) is 19.4. The number of nitrogens with two attached hydrogens (primary N) is 1. The maximum atomic E-state index is 12.7. The van der Waals surface area contributed by atoms with Gasteiger partial charge < -0.3 is 56.0 Å². The second-order valence-electron chi connectivity index (χ2n) is 14.7. The van der Waals surface area contributed by atoms with Crippen LogP contribution in [0.2, 0.25) is 0 Å². The van der Waals surface area contributed by atoms with Crippen molar-refractivity contribution in [2.75, 3.05) is 37.8 Å². The molecule has 2 aromatic rings. The van der Waals surface area contributed by atoms with E-state index < -0.39 is 90.5 Å². The van der Waals surface area contributed by atoms with Crippen molar-refractivity contribution < 1.29 is 90.4 Å². The Balaban J connectivity index is 1.37. The molecule has 26 nitrogen and oxygen atoms in total. The number of amides is 2. The van der Waals surface area contributed by atoms with Gasteiger partial charge in [-0.1, -0.05) is 57.4 Å². The van der Waals surface area contributed by atoms with E-state index in [9.17, 15) is 62.7 Å². The molecular weight excluding hydrogens is 923 g/mol. The summed E-state index contributed by atoms with van der Waals surface area (Å²) in [5.74, 6) is -1.99. The number of rotatable bonds is 29. The summed E-state index contributed by atoms with van der Waals surface area (Å²) < 4.78 is 62.2. The molecule has 1 aliphatic heterocycles. The van der Waals surface area contributed by atoms with Crippen LogP contribution in [0.1, 0.15) is 77.9 Å². The Morgan fingerprint density at radius 2 is 1.63 bits per heavy atom. The average molecular weight is 978 g/mol. The van der Waals surface area contributed by atoms with E-state index in [0.29, 0.717) is 12.2 Å². The standard InChI is InChI=1S/C33H54N7O19P3S/c1-33(2,28(46)31(47)36-14-13-22(41)35-15-16-63-24(44)12-10-8-6-4-3-5-7-9-11-23(42)43)18-56-62(53,54)59-61(51,52)55-17-21-27(58-60(48,49)50)26(45)32(57-21)40-20-39-25-29(34)37-19-38-30(25)40/h10,12,19-21,26-28,32,45-46H,3-9,11,13-18H2,1-2H3,(H,35,41)(H,36,47)(H,42,43)(H,51,52)(H,53,54)(H2,34,37,38)(H2,48,49,50)/b12-10+/t21-,26-,27-,28+,32-/m1/s1. The molecule has 1 aliphatic rings. The predicted molar refractivity (Wildman–Crippen MR) is 221 cm³/mol. The first kappa shape index (κ1) is 54.1. The van der Waals surface area contributed by atoms with Crippen LogP contribution in [0.25, 0.3) is 11.2 Å². The number of nitrogen functional groups attached to an aromatic ring is 1. The highest BCUT2D eigenvalue weighted by atomic mass is 32.2. The number of phosphoric ester groups is 3. The first-order chi connectivity index (χ1) is 29.4. The highest BCUT2D eigenvalue weighted by Gasteiger charge is 2.50. The number of aromatic nitrogens is 4. The van der Waals surface area contributed by atoms with Gasteiger partial charge >= 0.3 is 29.4 Å². The maximum absolute atomic E-state index is 12.7. The summed E-state index contributed by atoms with van der Waals surface area (Å²) in [4.78, 5) is 98.4. The molecule has 7 atom stereocenters. The van der Waals surface area contributed by atoms with E-state index in [1.807, 2.05) is 0 Å². The Morgan fingerprint density at radius 1 is 0.968 bits per heavy atom. The third kappa shape index (κ3) is 19.0. The summed E-state index contributed by atoms with van der Waals surface area (Å²) in [6.07, 6.45) is 2.59. The number of ether oxygens (including phenoxy) is 1. The Kier molecular flexibility index (Phi) is 21.4. The number of phosphoric acid groups is 3. The number of nitrogens with one attached hydrogen (secondary N) is 2. The minimum Gasteiger partial charge on any atom is -0.481 e. The van der Waals surface area contributed by atoms with Crippen LogP contribution < -0.4 is 16.4 Å². The molecule has 0 spiro atoms. The molecule has 0 aromatic carbocycles. The van der Waals surface area contributed by atoms with Gasteiger partial charge in [-0.15, -0.1) is 0 Å². The van der Waals surface area contributed by atoms with E-state index in [2.05, 4.69) is 34.4 Å². The van der Waals surface area contributed by atoms with Crippen LogP contribution in [-0.2, 0) is 55.5 Å². The minimum atomic E-state index is -5.59. The molecule has 30 heteroatoms. The maximum Gasteiger partial charge on any atom is 0.481 e. The number of hydrogen-bond donors (Lipinski definition) is 10. The quantitative estimate of drug-likeness (QED) is 0.0313. The summed E-state index contributed by atoms with van der Waals surface area (Å²) in [5, 5.41) is 34.9.